The Balaban J connectivity index is 1.77. The molecule has 0 radical (unpaired) electrons. The van der Waals surface area contributed by atoms with E-state index in [0.29, 0.717) is 11.6 Å². The molecule has 0 amide bonds. The number of aromatic carboxylic acids is 1. The second kappa shape index (κ2) is 6.02. The van der Waals surface area contributed by atoms with Crippen LogP contribution in [0.3, 0.4) is 0 Å². The predicted octanol–water partition coefficient (Wildman–Crippen LogP) is 2.02. The van der Waals surface area contributed by atoms with Crippen molar-refractivity contribution >= 4 is 11.8 Å². The molecule has 1 aromatic heterocycles. The second-order valence-electron chi connectivity index (χ2n) is 6.00. The zero-order chi connectivity index (χ0) is 14.8. The highest BCUT2D eigenvalue weighted by molar-refractivity contribution is 5.88. The van der Waals surface area contributed by atoms with Crippen molar-refractivity contribution < 1.29 is 9.90 Å². The molecule has 1 aromatic rings. The quantitative estimate of drug-likeness (QED) is 0.919. The first-order chi connectivity index (χ1) is 10.2. The zero-order valence-corrected chi connectivity index (χ0v) is 12.6. The molecule has 2 aliphatic heterocycles. The number of aryl methyl sites for hydroxylation is 1. The van der Waals surface area contributed by atoms with E-state index in [4.69, 9.17) is 0 Å². The Labute approximate surface area is 125 Å². The van der Waals surface area contributed by atoms with Gasteiger partial charge in [-0.2, -0.15) is 0 Å². The number of nitrogens with zero attached hydrogens (tertiary/aromatic N) is 3. The number of hydrogen-bond donors (Lipinski definition) is 1. The predicted molar refractivity (Wildman–Crippen MR) is 82.0 cm³/mol. The molecule has 21 heavy (non-hydrogen) atoms. The van der Waals surface area contributed by atoms with E-state index in [9.17, 15) is 9.90 Å². The molecule has 114 valence electrons. The molecule has 2 fully saturated rings. The number of hydrogen-bond acceptors (Lipinski definition) is 4. The van der Waals surface area contributed by atoms with Gasteiger partial charge < -0.3 is 10.0 Å². The maximum absolute atomic E-state index is 11.3. The summed E-state index contributed by atoms with van der Waals surface area (Å²) in [6.45, 7) is 6.37. The lowest BCUT2D eigenvalue weighted by Gasteiger charge is -2.24. The highest BCUT2D eigenvalue weighted by Gasteiger charge is 2.30. The van der Waals surface area contributed by atoms with Gasteiger partial charge in [0.15, 0.2) is 0 Å². The molecule has 0 spiro atoms. The maximum atomic E-state index is 11.3. The van der Waals surface area contributed by atoms with Crippen LogP contribution < -0.4 is 4.90 Å². The minimum atomic E-state index is -0.872. The second-order valence-corrected chi connectivity index (χ2v) is 6.00. The van der Waals surface area contributed by atoms with Gasteiger partial charge in [0.1, 0.15) is 5.82 Å². The Morgan fingerprint density at radius 1 is 1.33 bits per heavy atom. The average Bonchev–Trinajstić information content (AvgIpc) is 3.17. The van der Waals surface area contributed by atoms with Gasteiger partial charge in [0.25, 0.3) is 0 Å². The first-order valence-corrected chi connectivity index (χ1v) is 7.90. The maximum Gasteiger partial charge on any atom is 0.335 e. The van der Waals surface area contributed by atoms with Gasteiger partial charge in [-0.1, -0.05) is 6.92 Å². The number of carboxylic acids is 1. The molecule has 0 aromatic carbocycles. The smallest absolute Gasteiger partial charge is 0.335 e. The summed E-state index contributed by atoms with van der Waals surface area (Å²) >= 11 is 0. The van der Waals surface area contributed by atoms with Crippen molar-refractivity contribution in [2.24, 2.45) is 0 Å². The van der Waals surface area contributed by atoms with Crippen LogP contribution in [0.2, 0.25) is 0 Å². The van der Waals surface area contributed by atoms with Crippen LogP contribution in [0.25, 0.3) is 0 Å². The Hall–Kier alpha value is -1.62. The minimum absolute atomic E-state index is 0.349. The van der Waals surface area contributed by atoms with Crippen LogP contribution in [0.4, 0.5) is 5.82 Å². The van der Waals surface area contributed by atoms with Crippen molar-refractivity contribution in [1.82, 2.24) is 9.88 Å². The first-order valence-electron chi connectivity index (χ1n) is 7.90. The van der Waals surface area contributed by atoms with Crippen molar-refractivity contribution in [1.29, 1.82) is 0 Å². The van der Waals surface area contributed by atoms with E-state index in [1.165, 1.54) is 25.9 Å². The summed E-state index contributed by atoms with van der Waals surface area (Å²) in [4.78, 5) is 20.7. The van der Waals surface area contributed by atoms with E-state index in [-0.39, 0.29) is 0 Å². The third kappa shape index (κ3) is 3.02. The summed E-state index contributed by atoms with van der Waals surface area (Å²) in [5.41, 5.74) is 1.20. The molecule has 2 saturated heterocycles. The third-order valence-electron chi connectivity index (χ3n) is 4.62. The molecule has 0 bridgehead atoms. The molecule has 3 heterocycles. The monoisotopic (exact) mass is 289 g/mol. The van der Waals surface area contributed by atoms with Crippen LogP contribution >= 0.6 is 0 Å². The fourth-order valence-corrected chi connectivity index (χ4v) is 3.39. The number of carbonyl (C=O) groups is 1. The van der Waals surface area contributed by atoms with Crippen LogP contribution in [0.1, 0.15) is 42.2 Å². The van der Waals surface area contributed by atoms with E-state index in [2.05, 4.69) is 14.8 Å². The minimum Gasteiger partial charge on any atom is -0.478 e. The lowest BCUT2D eigenvalue weighted by atomic mass is 10.2. The number of likely N-dealkylation sites (tertiary alicyclic amines) is 1. The average molecular weight is 289 g/mol. The summed E-state index contributed by atoms with van der Waals surface area (Å²) in [7, 11) is 0. The van der Waals surface area contributed by atoms with Gasteiger partial charge in [-0.3, -0.25) is 4.90 Å². The van der Waals surface area contributed by atoms with E-state index in [1.807, 2.05) is 6.92 Å². The van der Waals surface area contributed by atoms with E-state index in [1.54, 1.807) is 12.1 Å². The summed E-state index contributed by atoms with van der Waals surface area (Å²) in [5, 5.41) is 9.24. The van der Waals surface area contributed by atoms with Crippen molar-refractivity contribution in [3.05, 3.63) is 23.4 Å². The molecule has 5 nitrogen and oxygen atoms in total. The van der Waals surface area contributed by atoms with E-state index >= 15 is 0 Å². The number of anilines is 1. The fraction of sp³-hybridized carbons (Fsp3) is 0.625. The lowest BCUT2D eigenvalue weighted by Crippen LogP contribution is -2.35. The van der Waals surface area contributed by atoms with Crippen LogP contribution in [-0.2, 0) is 6.42 Å². The molecular formula is C16H23N3O2. The Bertz CT molecular complexity index is 526. The molecule has 0 aliphatic carbocycles. The summed E-state index contributed by atoms with van der Waals surface area (Å²) in [6, 6.07) is 4.00. The molecular weight excluding hydrogens is 266 g/mol. The SMILES string of the molecule is CCc1cc(C(=O)O)cc(N2CCC(N3CCCC3)C2)n1. The first kappa shape index (κ1) is 14.3. The van der Waals surface area contributed by atoms with Crippen LogP contribution in [0, 0.1) is 0 Å². The summed E-state index contributed by atoms with van der Waals surface area (Å²) < 4.78 is 0. The third-order valence-corrected chi connectivity index (χ3v) is 4.62. The summed E-state index contributed by atoms with van der Waals surface area (Å²) in [5.74, 6) is -0.0444. The van der Waals surface area contributed by atoms with Crippen molar-refractivity contribution in [3.63, 3.8) is 0 Å². The molecule has 2 aliphatic rings. The molecule has 0 saturated carbocycles. The highest BCUT2D eigenvalue weighted by atomic mass is 16.4. The topological polar surface area (TPSA) is 56.7 Å². The van der Waals surface area contributed by atoms with E-state index < -0.39 is 5.97 Å². The normalized spacial score (nSPS) is 22.9. The number of rotatable bonds is 4. The van der Waals surface area contributed by atoms with Crippen molar-refractivity contribution in [3.8, 4) is 0 Å². The van der Waals surface area contributed by atoms with Gasteiger partial charge in [0.2, 0.25) is 0 Å². The standard InChI is InChI=1S/C16H23N3O2/c1-2-13-9-12(16(20)21)10-15(17-13)19-8-5-14(11-19)18-6-3-4-7-18/h9-10,14H,2-8,11H2,1H3,(H,20,21). The molecule has 1 unspecified atom stereocenters. The largest absolute Gasteiger partial charge is 0.478 e. The van der Waals surface area contributed by atoms with Gasteiger partial charge in [0, 0.05) is 24.8 Å². The Morgan fingerprint density at radius 2 is 2.10 bits per heavy atom. The molecule has 3 rings (SSSR count). The Morgan fingerprint density at radius 3 is 2.76 bits per heavy atom. The molecule has 1 N–H and O–H groups in total. The fourth-order valence-electron chi connectivity index (χ4n) is 3.39. The zero-order valence-electron chi connectivity index (χ0n) is 12.6. The van der Waals surface area contributed by atoms with Gasteiger partial charge in [-0.05, 0) is 50.9 Å². The van der Waals surface area contributed by atoms with Gasteiger partial charge in [-0.15, -0.1) is 0 Å². The van der Waals surface area contributed by atoms with Crippen LogP contribution in [0.15, 0.2) is 12.1 Å². The summed E-state index contributed by atoms with van der Waals surface area (Å²) in [6.07, 6.45) is 4.53. The van der Waals surface area contributed by atoms with Gasteiger partial charge in [0.05, 0.1) is 5.56 Å². The number of aromatic nitrogens is 1. The molecule has 1 atom stereocenters. The lowest BCUT2D eigenvalue weighted by molar-refractivity contribution is 0.0696. The number of pyridine rings is 1. The van der Waals surface area contributed by atoms with Crippen LogP contribution in [0.5, 0.6) is 0 Å². The van der Waals surface area contributed by atoms with Crippen LogP contribution in [-0.4, -0.2) is 53.2 Å². The highest BCUT2D eigenvalue weighted by Crippen LogP contribution is 2.25. The van der Waals surface area contributed by atoms with Crippen molar-refractivity contribution in [2.75, 3.05) is 31.1 Å². The van der Waals surface area contributed by atoms with E-state index in [0.717, 1.165) is 37.4 Å². The Kier molecular flexibility index (Phi) is 4.10. The van der Waals surface area contributed by atoms with Gasteiger partial charge in [-0.25, -0.2) is 9.78 Å². The van der Waals surface area contributed by atoms with Gasteiger partial charge >= 0.3 is 5.97 Å². The molecule has 5 heteroatoms. The number of carboxylic acid groups (broad SMARTS) is 1. The van der Waals surface area contributed by atoms with Crippen molar-refractivity contribution in [2.45, 2.75) is 38.6 Å².